The number of carbonyl (C=O) groups excluding carboxylic acids is 1. The number of nitrogens with zero attached hydrogens (tertiary/aromatic N) is 1. The normalized spacial score (nSPS) is 12.0. The van der Waals surface area contributed by atoms with Crippen LogP contribution in [0, 0.1) is 0 Å². The summed E-state index contributed by atoms with van der Waals surface area (Å²) in [5.41, 5.74) is 6.56. The number of ether oxygens (including phenoxy) is 1. The molecule has 0 heterocycles. The van der Waals surface area contributed by atoms with Gasteiger partial charge < -0.3 is 15.4 Å². The third-order valence-electron chi connectivity index (χ3n) is 3.17. The molecule has 0 aliphatic rings. The molecule has 1 aromatic rings. The minimum atomic E-state index is -0.00717. The minimum absolute atomic E-state index is 0.00717. The molecule has 0 saturated carbocycles. The van der Waals surface area contributed by atoms with Gasteiger partial charge in [-0.05, 0) is 31.0 Å². The lowest BCUT2D eigenvalue weighted by Gasteiger charge is -2.23. The van der Waals surface area contributed by atoms with Gasteiger partial charge in [-0.2, -0.15) is 0 Å². The molecule has 0 fully saturated rings. The highest BCUT2D eigenvalue weighted by Crippen LogP contribution is 2.12. The molecule has 1 unspecified atom stereocenters. The van der Waals surface area contributed by atoms with Crippen molar-refractivity contribution in [2.24, 2.45) is 5.73 Å². The van der Waals surface area contributed by atoms with Gasteiger partial charge in [-0.25, -0.2) is 0 Å². The van der Waals surface area contributed by atoms with Gasteiger partial charge in [0.25, 0.3) is 5.91 Å². The third-order valence-corrected chi connectivity index (χ3v) is 3.17. The molecule has 1 atom stereocenters. The molecule has 0 aromatic heterocycles. The van der Waals surface area contributed by atoms with E-state index in [1.54, 1.807) is 11.9 Å². The lowest BCUT2D eigenvalue weighted by atomic mass is 10.2. The van der Waals surface area contributed by atoms with Crippen molar-refractivity contribution in [3.63, 3.8) is 0 Å². The lowest BCUT2D eigenvalue weighted by Crippen LogP contribution is -2.37. The van der Waals surface area contributed by atoms with Crippen molar-refractivity contribution in [1.82, 2.24) is 4.90 Å². The molecule has 0 aliphatic carbocycles. The highest BCUT2D eigenvalue weighted by atomic mass is 16.5. The largest absolute Gasteiger partial charge is 0.484 e. The van der Waals surface area contributed by atoms with E-state index in [0.717, 1.165) is 12.0 Å². The van der Waals surface area contributed by atoms with Gasteiger partial charge in [-0.1, -0.05) is 19.1 Å². The molecule has 0 aliphatic heterocycles. The fourth-order valence-electron chi connectivity index (χ4n) is 1.49. The molecular formula is C14H22N2O2. The number of hydrogen-bond donors (Lipinski definition) is 1. The second kappa shape index (κ2) is 7.01. The Morgan fingerprint density at radius 1 is 1.39 bits per heavy atom. The Hall–Kier alpha value is -1.55. The number of carbonyl (C=O) groups is 1. The molecule has 4 nitrogen and oxygen atoms in total. The summed E-state index contributed by atoms with van der Waals surface area (Å²) in [4.78, 5) is 13.5. The van der Waals surface area contributed by atoms with Crippen LogP contribution >= 0.6 is 0 Å². The molecule has 1 rings (SSSR count). The minimum Gasteiger partial charge on any atom is -0.484 e. The van der Waals surface area contributed by atoms with Crippen LogP contribution in [-0.2, 0) is 11.3 Å². The monoisotopic (exact) mass is 250 g/mol. The molecule has 4 heteroatoms. The fraction of sp³-hybridized carbons (Fsp3) is 0.500. The Labute approximate surface area is 109 Å². The standard InChI is InChI=1S/C14H22N2O2/c1-4-11(2)16(3)14(17)10-18-13-7-5-12(9-15)6-8-13/h5-8,11H,4,9-10,15H2,1-3H3. The van der Waals surface area contributed by atoms with Crippen LogP contribution in [0.5, 0.6) is 5.75 Å². The molecule has 1 amide bonds. The smallest absolute Gasteiger partial charge is 0.260 e. The number of hydrogen-bond acceptors (Lipinski definition) is 3. The maximum Gasteiger partial charge on any atom is 0.260 e. The Morgan fingerprint density at radius 3 is 2.50 bits per heavy atom. The van der Waals surface area contributed by atoms with E-state index in [9.17, 15) is 4.79 Å². The second-order valence-electron chi connectivity index (χ2n) is 4.40. The van der Waals surface area contributed by atoms with Crippen molar-refractivity contribution in [3.8, 4) is 5.75 Å². The number of amides is 1. The highest BCUT2D eigenvalue weighted by molar-refractivity contribution is 5.77. The van der Waals surface area contributed by atoms with E-state index in [1.165, 1.54) is 0 Å². The van der Waals surface area contributed by atoms with Gasteiger partial charge >= 0.3 is 0 Å². The molecule has 0 spiro atoms. The van der Waals surface area contributed by atoms with E-state index in [4.69, 9.17) is 10.5 Å². The first-order valence-electron chi connectivity index (χ1n) is 6.26. The van der Waals surface area contributed by atoms with Gasteiger partial charge in [0.15, 0.2) is 6.61 Å². The van der Waals surface area contributed by atoms with Crippen LogP contribution in [0.1, 0.15) is 25.8 Å². The summed E-state index contributed by atoms with van der Waals surface area (Å²) in [7, 11) is 1.80. The van der Waals surface area contributed by atoms with E-state index >= 15 is 0 Å². The summed E-state index contributed by atoms with van der Waals surface area (Å²) in [6.07, 6.45) is 0.938. The molecule has 0 saturated heterocycles. The van der Waals surface area contributed by atoms with Crippen LogP contribution in [-0.4, -0.2) is 30.5 Å². The predicted molar refractivity (Wildman–Crippen MR) is 72.4 cm³/mol. The van der Waals surface area contributed by atoms with E-state index in [1.807, 2.05) is 31.2 Å². The summed E-state index contributed by atoms with van der Waals surface area (Å²) in [6.45, 7) is 4.66. The number of likely N-dealkylation sites (N-methyl/N-ethyl adjacent to an activating group) is 1. The van der Waals surface area contributed by atoms with E-state index < -0.39 is 0 Å². The number of benzene rings is 1. The van der Waals surface area contributed by atoms with Crippen LogP contribution in [0.2, 0.25) is 0 Å². The summed E-state index contributed by atoms with van der Waals surface area (Å²) >= 11 is 0. The van der Waals surface area contributed by atoms with Gasteiger partial charge in [0, 0.05) is 19.6 Å². The third kappa shape index (κ3) is 4.04. The molecular weight excluding hydrogens is 228 g/mol. The maximum absolute atomic E-state index is 11.8. The van der Waals surface area contributed by atoms with E-state index in [2.05, 4.69) is 6.92 Å². The SMILES string of the molecule is CCC(C)N(C)C(=O)COc1ccc(CN)cc1. The molecule has 0 radical (unpaired) electrons. The zero-order valence-electron chi connectivity index (χ0n) is 11.3. The average molecular weight is 250 g/mol. The predicted octanol–water partition coefficient (Wildman–Crippen LogP) is 1.78. The summed E-state index contributed by atoms with van der Waals surface area (Å²) in [5, 5.41) is 0. The van der Waals surface area contributed by atoms with Gasteiger partial charge in [0.2, 0.25) is 0 Å². The summed E-state index contributed by atoms with van der Waals surface area (Å²) in [6, 6.07) is 7.70. The van der Waals surface area contributed by atoms with Crippen LogP contribution in [0.4, 0.5) is 0 Å². The Bertz CT molecular complexity index is 376. The van der Waals surface area contributed by atoms with Crippen molar-refractivity contribution < 1.29 is 9.53 Å². The van der Waals surface area contributed by atoms with E-state index in [0.29, 0.717) is 12.3 Å². The molecule has 1 aromatic carbocycles. The van der Waals surface area contributed by atoms with E-state index in [-0.39, 0.29) is 18.6 Å². The average Bonchev–Trinajstić information content (AvgIpc) is 2.43. The zero-order chi connectivity index (χ0) is 13.5. The summed E-state index contributed by atoms with van der Waals surface area (Å²) in [5.74, 6) is 0.686. The second-order valence-corrected chi connectivity index (χ2v) is 4.40. The fourth-order valence-corrected chi connectivity index (χ4v) is 1.49. The molecule has 0 bridgehead atoms. The molecule has 100 valence electrons. The first-order chi connectivity index (χ1) is 8.58. The lowest BCUT2D eigenvalue weighted by molar-refractivity contribution is -0.133. The maximum atomic E-state index is 11.8. The topological polar surface area (TPSA) is 55.6 Å². The van der Waals surface area contributed by atoms with Gasteiger partial charge in [-0.3, -0.25) is 4.79 Å². The zero-order valence-corrected chi connectivity index (χ0v) is 11.3. The van der Waals surface area contributed by atoms with Gasteiger partial charge in [0.05, 0.1) is 0 Å². The van der Waals surface area contributed by atoms with Crippen LogP contribution in [0.25, 0.3) is 0 Å². The van der Waals surface area contributed by atoms with Crippen molar-refractivity contribution in [1.29, 1.82) is 0 Å². The Balaban J connectivity index is 2.46. The van der Waals surface area contributed by atoms with Crippen molar-refractivity contribution in [2.45, 2.75) is 32.9 Å². The van der Waals surface area contributed by atoms with Crippen molar-refractivity contribution >= 4 is 5.91 Å². The first kappa shape index (κ1) is 14.5. The van der Waals surface area contributed by atoms with Crippen molar-refractivity contribution in [2.75, 3.05) is 13.7 Å². The van der Waals surface area contributed by atoms with Crippen molar-refractivity contribution in [3.05, 3.63) is 29.8 Å². The highest BCUT2D eigenvalue weighted by Gasteiger charge is 2.14. The van der Waals surface area contributed by atoms with Crippen LogP contribution in [0.15, 0.2) is 24.3 Å². The quantitative estimate of drug-likeness (QED) is 0.837. The van der Waals surface area contributed by atoms with Gasteiger partial charge in [-0.15, -0.1) is 0 Å². The number of rotatable bonds is 6. The van der Waals surface area contributed by atoms with Crippen LogP contribution < -0.4 is 10.5 Å². The first-order valence-corrected chi connectivity index (χ1v) is 6.26. The molecule has 2 N–H and O–H groups in total. The van der Waals surface area contributed by atoms with Crippen LogP contribution in [0.3, 0.4) is 0 Å². The number of nitrogens with two attached hydrogens (primary N) is 1. The van der Waals surface area contributed by atoms with Gasteiger partial charge in [0.1, 0.15) is 5.75 Å². The molecule has 18 heavy (non-hydrogen) atoms. The Morgan fingerprint density at radius 2 is 2.00 bits per heavy atom. The summed E-state index contributed by atoms with van der Waals surface area (Å²) < 4.78 is 5.45. The Kier molecular flexibility index (Phi) is 5.65.